The van der Waals surface area contributed by atoms with Gasteiger partial charge in [0.15, 0.2) is 0 Å². The predicted octanol–water partition coefficient (Wildman–Crippen LogP) is 2.56. The minimum absolute atomic E-state index is 0.733. The summed E-state index contributed by atoms with van der Waals surface area (Å²) in [6.07, 6.45) is 7.25. The molecule has 0 bridgehead atoms. The molecule has 0 saturated heterocycles. The van der Waals surface area contributed by atoms with Crippen molar-refractivity contribution in [1.82, 2.24) is 5.32 Å². The lowest BCUT2D eigenvalue weighted by atomic mass is 9.94. The number of rotatable bonds is 5. The lowest BCUT2D eigenvalue weighted by Gasteiger charge is -2.17. The van der Waals surface area contributed by atoms with Crippen LogP contribution in [-0.2, 0) is 0 Å². The van der Waals surface area contributed by atoms with Crippen LogP contribution < -0.4 is 5.32 Å². The lowest BCUT2D eigenvalue weighted by molar-refractivity contribution is 0.366. The SMILES string of the molecule is CC(C)CC1(CNC2CC2)CC1. The largest absolute Gasteiger partial charge is 0.313 e. The Morgan fingerprint density at radius 2 is 2.00 bits per heavy atom. The molecule has 0 spiro atoms. The summed E-state index contributed by atoms with van der Waals surface area (Å²) in [5.74, 6) is 0.883. The van der Waals surface area contributed by atoms with Crippen LogP contribution in [0.4, 0.5) is 0 Å². The van der Waals surface area contributed by atoms with Crippen molar-refractivity contribution in [1.29, 1.82) is 0 Å². The van der Waals surface area contributed by atoms with Crippen molar-refractivity contribution in [2.24, 2.45) is 11.3 Å². The van der Waals surface area contributed by atoms with Crippen LogP contribution in [0.15, 0.2) is 0 Å². The predicted molar refractivity (Wildman–Crippen MR) is 52.1 cm³/mol. The monoisotopic (exact) mass is 167 g/mol. The van der Waals surface area contributed by atoms with E-state index in [4.69, 9.17) is 0 Å². The Morgan fingerprint density at radius 1 is 1.33 bits per heavy atom. The molecule has 0 heterocycles. The van der Waals surface area contributed by atoms with E-state index in [9.17, 15) is 0 Å². The highest BCUT2D eigenvalue weighted by atomic mass is 15.0. The van der Waals surface area contributed by atoms with Gasteiger partial charge in [0.25, 0.3) is 0 Å². The Bertz CT molecular complexity index is 154. The van der Waals surface area contributed by atoms with E-state index in [-0.39, 0.29) is 0 Å². The van der Waals surface area contributed by atoms with Crippen molar-refractivity contribution in [2.75, 3.05) is 6.54 Å². The van der Waals surface area contributed by atoms with Crippen LogP contribution in [0.25, 0.3) is 0 Å². The standard InChI is InChI=1S/C11H21N/c1-9(2)7-11(5-6-11)8-12-10-3-4-10/h9-10,12H,3-8H2,1-2H3. The second-order valence-electron chi connectivity index (χ2n) is 5.25. The topological polar surface area (TPSA) is 12.0 Å². The fraction of sp³-hybridized carbons (Fsp3) is 1.00. The van der Waals surface area contributed by atoms with Crippen LogP contribution in [0.2, 0.25) is 0 Å². The lowest BCUT2D eigenvalue weighted by Crippen LogP contribution is -2.26. The van der Waals surface area contributed by atoms with Crippen LogP contribution in [0, 0.1) is 11.3 Å². The maximum atomic E-state index is 3.66. The van der Waals surface area contributed by atoms with Gasteiger partial charge in [0, 0.05) is 12.6 Å². The molecule has 0 aromatic carbocycles. The average Bonchev–Trinajstić information content (AvgIpc) is 2.76. The molecule has 1 N–H and O–H groups in total. The van der Waals surface area contributed by atoms with Crippen LogP contribution in [0.3, 0.4) is 0 Å². The van der Waals surface area contributed by atoms with Crippen LogP contribution in [-0.4, -0.2) is 12.6 Å². The van der Waals surface area contributed by atoms with Gasteiger partial charge in [0.1, 0.15) is 0 Å². The molecule has 0 unspecified atom stereocenters. The number of hydrogen-bond acceptors (Lipinski definition) is 1. The molecule has 0 amide bonds. The van der Waals surface area contributed by atoms with E-state index in [1.54, 1.807) is 0 Å². The van der Waals surface area contributed by atoms with E-state index >= 15 is 0 Å². The molecule has 2 saturated carbocycles. The normalized spacial score (nSPS) is 26.2. The van der Waals surface area contributed by atoms with Crippen molar-refractivity contribution in [3.05, 3.63) is 0 Å². The van der Waals surface area contributed by atoms with Gasteiger partial charge in [-0.05, 0) is 43.4 Å². The highest BCUT2D eigenvalue weighted by Crippen LogP contribution is 2.50. The summed E-state index contributed by atoms with van der Waals surface area (Å²) < 4.78 is 0. The third-order valence-electron chi connectivity index (χ3n) is 3.14. The smallest absolute Gasteiger partial charge is 0.00684 e. The Hall–Kier alpha value is -0.0400. The first kappa shape index (κ1) is 8.55. The fourth-order valence-corrected chi connectivity index (χ4v) is 2.14. The van der Waals surface area contributed by atoms with Gasteiger partial charge in [0.05, 0.1) is 0 Å². The molecule has 0 aliphatic heterocycles. The molecule has 1 heteroatoms. The Kier molecular flexibility index (Phi) is 2.16. The molecule has 12 heavy (non-hydrogen) atoms. The summed E-state index contributed by atoms with van der Waals surface area (Å²) in [4.78, 5) is 0. The third kappa shape index (κ3) is 2.22. The summed E-state index contributed by atoms with van der Waals surface area (Å²) in [6.45, 7) is 5.99. The summed E-state index contributed by atoms with van der Waals surface area (Å²) in [6, 6.07) is 0.898. The summed E-state index contributed by atoms with van der Waals surface area (Å²) in [5.41, 5.74) is 0.733. The maximum Gasteiger partial charge on any atom is 0.00684 e. The summed E-state index contributed by atoms with van der Waals surface area (Å²) in [7, 11) is 0. The Labute approximate surface area is 75.9 Å². The zero-order valence-electron chi connectivity index (χ0n) is 8.40. The molecule has 0 atom stereocenters. The molecule has 2 rings (SSSR count). The molecule has 0 radical (unpaired) electrons. The molecule has 0 aromatic heterocycles. The number of nitrogens with one attached hydrogen (secondary N) is 1. The van der Waals surface area contributed by atoms with E-state index in [1.807, 2.05) is 0 Å². The van der Waals surface area contributed by atoms with Gasteiger partial charge in [-0.1, -0.05) is 13.8 Å². The molecule has 70 valence electrons. The minimum atomic E-state index is 0.733. The van der Waals surface area contributed by atoms with Gasteiger partial charge < -0.3 is 5.32 Å². The van der Waals surface area contributed by atoms with Crippen LogP contribution in [0.1, 0.15) is 46.0 Å². The molecule has 2 aliphatic rings. The Balaban J connectivity index is 1.69. The van der Waals surface area contributed by atoms with Gasteiger partial charge in [-0.2, -0.15) is 0 Å². The highest BCUT2D eigenvalue weighted by molar-refractivity contribution is 4.97. The van der Waals surface area contributed by atoms with Crippen LogP contribution in [0.5, 0.6) is 0 Å². The van der Waals surface area contributed by atoms with E-state index in [0.29, 0.717) is 0 Å². The quantitative estimate of drug-likeness (QED) is 0.663. The maximum absolute atomic E-state index is 3.66. The minimum Gasteiger partial charge on any atom is -0.313 e. The molecule has 2 fully saturated rings. The van der Waals surface area contributed by atoms with Crippen molar-refractivity contribution in [3.63, 3.8) is 0 Å². The van der Waals surface area contributed by atoms with Gasteiger partial charge in [-0.15, -0.1) is 0 Å². The zero-order chi connectivity index (χ0) is 8.60. The Morgan fingerprint density at radius 3 is 2.42 bits per heavy atom. The molecular formula is C11H21N. The van der Waals surface area contributed by atoms with E-state index < -0.39 is 0 Å². The third-order valence-corrected chi connectivity index (χ3v) is 3.14. The molecule has 1 nitrogen and oxygen atoms in total. The average molecular weight is 167 g/mol. The van der Waals surface area contributed by atoms with Gasteiger partial charge >= 0.3 is 0 Å². The summed E-state index contributed by atoms with van der Waals surface area (Å²) >= 11 is 0. The molecular weight excluding hydrogens is 146 g/mol. The van der Waals surface area contributed by atoms with Crippen molar-refractivity contribution in [3.8, 4) is 0 Å². The molecule has 2 aliphatic carbocycles. The first-order valence-corrected chi connectivity index (χ1v) is 5.44. The van der Waals surface area contributed by atoms with Crippen molar-refractivity contribution >= 4 is 0 Å². The summed E-state index contributed by atoms with van der Waals surface area (Å²) in [5, 5.41) is 3.66. The number of hydrogen-bond donors (Lipinski definition) is 1. The molecule has 0 aromatic rings. The second-order valence-corrected chi connectivity index (χ2v) is 5.25. The van der Waals surface area contributed by atoms with Crippen molar-refractivity contribution < 1.29 is 0 Å². The zero-order valence-corrected chi connectivity index (χ0v) is 8.40. The fourth-order valence-electron chi connectivity index (χ4n) is 2.14. The van der Waals surface area contributed by atoms with Crippen molar-refractivity contribution in [2.45, 2.75) is 52.0 Å². The van der Waals surface area contributed by atoms with E-state index in [0.717, 1.165) is 17.4 Å². The first-order valence-electron chi connectivity index (χ1n) is 5.44. The highest BCUT2D eigenvalue weighted by Gasteiger charge is 2.43. The van der Waals surface area contributed by atoms with E-state index in [1.165, 1.54) is 38.6 Å². The van der Waals surface area contributed by atoms with E-state index in [2.05, 4.69) is 19.2 Å². The van der Waals surface area contributed by atoms with Crippen LogP contribution >= 0.6 is 0 Å². The van der Waals surface area contributed by atoms with Gasteiger partial charge in [-0.3, -0.25) is 0 Å². The first-order chi connectivity index (χ1) is 5.70. The van der Waals surface area contributed by atoms with Gasteiger partial charge in [0.2, 0.25) is 0 Å². The van der Waals surface area contributed by atoms with Gasteiger partial charge in [-0.25, -0.2) is 0 Å². The second kappa shape index (κ2) is 3.02.